The van der Waals surface area contributed by atoms with Crippen molar-refractivity contribution in [3.63, 3.8) is 0 Å². The minimum absolute atomic E-state index is 0.0258. The number of carbonyl (C=O) groups excluding carboxylic acids is 2. The van der Waals surface area contributed by atoms with Crippen LogP contribution < -0.4 is 15.1 Å². The number of carbonyl (C=O) groups is 2. The number of para-hydroxylation sites is 1. The molecule has 0 aliphatic carbocycles. The lowest BCUT2D eigenvalue weighted by atomic mass is 10.1. The number of ether oxygens (including phenoxy) is 1. The lowest BCUT2D eigenvalue weighted by molar-refractivity contribution is -0.122. The molecule has 2 aliphatic heterocycles. The molecule has 27 heavy (non-hydrogen) atoms. The SMILES string of the molecule is O=C(Nc1ccc(N2CCOCC2)nc1)C1CC(=O)N(c2ccccc2)C1. The number of hydrogen-bond acceptors (Lipinski definition) is 5. The predicted octanol–water partition coefficient (Wildman–Crippen LogP) is 1.91. The maximum atomic E-state index is 12.6. The summed E-state index contributed by atoms with van der Waals surface area (Å²) in [6.07, 6.45) is 1.88. The van der Waals surface area contributed by atoms with E-state index in [1.165, 1.54) is 0 Å². The zero-order valence-corrected chi connectivity index (χ0v) is 15.0. The van der Waals surface area contributed by atoms with Crippen LogP contribution in [-0.4, -0.2) is 49.6 Å². The summed E-state index contributed by atoms with van der Waals surface area (Å²) in [5.41, 5.74) is 1.47. The van der Waals surface area contributed by atoms with Crippen molar-refractivity contribution in [2.24, 2.45) is 5.92 Å². The average molecular weight is 366 g/mol. The Bertz CT molecular complexity index is 804. The van der Waals surface area contributed by atoms with Crippen molar-refractivity contribution in [3.8, 4) is 0 Å². The van der Waals surface area contributed by atoms with Gasteiger partial charge in [0.15, 0.2) is 0 Å². The van der Waals surface area contributed by atoms with Crippen LogP contribution in [0.3, 0.4) is 0 Å². The smallest absolute Gasteiger partial charge is 0.229 e. The third-order valence-corrected chi connectivity index (χ3v) is 4.91. The summed E-state index contributed by atoms with van der Waals surface area (Å²) in [7, 11) is 0. The molecule has 0 saturated carbocycles. The van der Waals surface area contributed by atoms with E-state index in [0.29, 0.717) is 25.4 Å². The van der Waals surface area contributed by atoms with E-state index in [0.717, 1.165) is 24.6 Å². The minimum atomic E-state index is -0.364. The van der Waals surface area contributed by atoms with Gasteiger partial charge in [0, 0.05) is 31.7 Å². The minimum Gasteiger partial charge on any atom is -0.378 e. The van der Waals surface area contributed by atoms with Gasteiger partial charge in [0.2, 0.25) is 11.8 Å². The molecule has 2 amide bonds. The van der Waals surface area contributed by atoms with E-state index in [-0.39, 0.29) is 24.2 Å². The third kappa shape index (κ3) is 3.93. The average Bonchev–Trinajstić information content (AvgIpc) is 3.12. The number of morpholine rings is 1. The summed E-state index contributed by atoms with van der Waals surface area (Å²) in [6.45, 7) is 3.44. The number of pyridine rings is 1. The third-order valence-electron chi connectivity index (χ3n) is 4.91. The number of amides is 2. The van der Waals surface area contributed by atoms with Gasteiger partial charge in [-0.1, -0.05) is 18.2 Å². The lowest BCUT2D eigenvalue weighted by Crippen LogP contribution is -2.36. The topological polar surface area (TPSA) is 74.8 Å². The maximum absolute atomic E-state index is 12.6. The molecule has 2 fully saturated rings. The highest BCUT2D eigenvalue weighted by Gasteiger charge is 2.35. The first-order chi connectivity index (χ1) is 13.2. The van der Waals surface area contributed by atoms with Crippen LogP contribution in [0.2, 0.25) is 0 Å². The van der Waals surface area contributed by atoms with Crippen LogP contribution in [0.1, 0.15) is 6.42 Å². The largest absolute Gasteiger partial charge is 0.378 e. The zero-order chi connectivity index (χ0) is 18.6. The summed E-state index contributed by atoms with van der Waals surface area (Å²) < 4.78 is 5.35. The Kier molecular flexibility index (Phi) is 5.02. The fourth-order valence-electron chi connectivity index (χ4n) is 3.42. The predicted molar refractivity (Wildman–Crippen MR) is 103 cm³/mol. The van der Waals surface area contributed by atoms with Crippen molar-refractivity contribution in [3.05, 3.63) is 48.7 Å². The van der Waals surface area contributed by atoms with Gasteiger partial charge in [0.05, 0.1) is 31.0 Å². The van der Waals surface area contributed by atoms with Gasteiger partial charge in [-0.05, 0) is 24.3 Å². The quantitative estimate of drug-likeness (QED) is 0.895. The zero-order valence-electron chi connectivity index (χ0n) is 15.0. The number of aromatic nitrogens is 1. The molecule has 1 N–H and O–H groups in total. The van der Waals surface area contributed by atoms with E-state index in [4.69, 9.17) is 4.74 Å². The fourth-order valence-corrected chi connectivity index (χ4v) is 3.42. The van der Waals surface area contributed by atoms with Gasteiger partial charge in [0.1, 0.15) is 5.82 Å². The molecule has 1 atom stereocenters. The maximum Gasteiger partial charge on any atom is 0.229 e. The molecule has 2 saturated heterocycles. The number of rotatable bonds is 4. The Morgan fingerprint density at radius 1 is 1.11 bits per heavy atom. The molecule has 0 radical (unpaired) electrons. The number of hydrogen-bond donors (Lipinski definition) is 1. The first kappa shape index (κ1) is 17.5. The molecular formula is C20H22N4O3. The molecule has 140 valence electrons. The number of benzene rings is 1. The molecule has 2 aliphatic rings. The number of nitrogens with zero attached hydrogens (tertiary/aromatic N) is 3. The molecule has 1 unspecified atom stereocenters. The van der Waals surface area contributed by atoms with E-state index < -0.39 is 0 Å². The van der Waals surface area contributed by atoms with Gasteiger partial charge < -0.3 is 19.9 Å². The monoisotopic (exact) mass is 366 g/mol. The summed E-state index contributed by atoms with van der Waals surface area (Å²) in [5, 5.41) is 2.88. The first-order valence-corrected chi connectivity index (χ1v) is 9.16. The van der Waals surface area contributed by atoms with Gasteiger partial charge in [-0.2, -0.15) is 0 Å². The van der Waals surface area contributed by atoms with Gasteiger partial charge in [-0.3, -0.25) is 9.59 Å². The van der Waals surface area contributed by atoms with E-state index in [1.807, 2.05) is 42.5 Å². The molecule has 1 aromatic heterocycles. The highest BCUT2D eigenvalue weighted by atomic mass is 16.5. The van der Waals surface area contributed by atoms with Crippen LogP contribution >= 0.6 is 0 Å². The summed E-state index contributed by atoms with van der Waals surface area (Å²) in [4.78, 5) is 33.1. The standard InChI is InChI=1S/C20H22N4O3/c25-19-12-15(14-24(19)17-4-2-1-3-5-17)20(26)22-16-6-7-18(21-13-16)23-8-10-27-11-9-23/h1-7,13,15H,8-12,14H2,(H,22,26). The summed E-state index contributed by atoms with van der Waals surface area (Å²) in [5.74, 6) is 0.337. The van der Waals surface area contributed by atoms with Crippen molar-refractivity contribution >= 4 is 29.0 Å². The van der Waals surface area contributed by atoms with Crippen molar-refractivity contribution in [1.82, 2.24) is 4.98 Å². The molecular weight excluding hydrogens is 344 g/mol. The molecule has 2 aromatic rings. The second kappa shape index (κ2) is 7.75. The van der Waals surface area contributed by atoms with E-state index in [1.54, 1.807) is 11.1 Å². The molecule has 0 spiro atoms. The van der Waals surface area contributed by atoms with Crippen molar-refractivity contribution < 1.29 is 14.3 Å². The second-order valence-corrected chi connectivity index (χ2v) is 6.73. The summed E-state index contributed by atoms with van der Waals surface area (Å²) in [6, 6.07) is 13.2. The van der Waals surface area contributed by atoms with Crippen molar-refractivity contribution in [2.75, 3.05) is 48.0 Å². The Morgan fingerprint density at radius 2 is 1.89 bits per heavy atom. The number of anilines is 3. The van der Waals surface area contributed by atoms with Crippen molar-refractivity contribution in [2.45, 2.75) is 6.42 Å². The van der Waals surface area contributed by atoms with E-state index >= 15 is 0 Å². The Labute approximate surface area is 157 Å². The lowest BCUT2D eigenvalue weighted by Gasteiger charge is -2.27. The Hall–Kier alpha value is -2.93. The molecule has 1 aromatic carbocycles. The molecule has 7 nitrogen and oxygen atoms in total. The van der Waals surface area contributed by atoms with Crippen LogP contribution in [0.25, 0.3) is 0 Å². The molecule has 4 rings (SSSR count). The normalized spacial score (nSPS) is 20.0. The van der Waals surface area contributed by atoms with Gasteiger partial charge >= 0.3 is 0 Å². The van der Waals surface area contributed by atoms with E-state index in [2.05, 4.69) is 15.2 Å². The fraction of sp³-hybridized carbons (Fsp3) is 0.350. The van der Waals surface area contributed by atoms with Gasteiger partial charge in [0.25, 0.3) is 0 Å². The second-order valence-electron chi connectivity index (χ2n) is 6.73. The highest BCUT2D eigenvalue weighted by molar-refractivity contribution is 6.03. The summed E-state index contributed by atoms with van der Waals surface area (Å²) >= 11 is 0. The number of nitrogens with one attached hydrogen (secondary N) is 1. The van der Waals surface area contributed by atoms with Gasteiger partial charge in [-0.25, -0.2) is 4.98 Å². The van der Waals surface area contributed by atoms with Gasteiger partial charge in [-0.15, -0.1) is 0 Å². The molecule has 7 heteroatoms. The molecule has 0 bridgehead atoms. The van der Waals surface area contributed by atoms with Crippen LogP contribution in [0.4, 0.5) is 17.2 Å². The van der Waals surface area contributed by atoms with E-state index in [9.17, 15) is 9.59 Å². The first-order valence-electron chi connectivity index (χ1n) is 9.16. The Morgan fingerprint density at radius 3 is 2.59 bits per heavy atom. The van der Waals surface area contributed by atoms with Crippen LogP contribution in [0, 0.1) is 5.92 Å². The molecule has 3 heterocycles. The van der Waals surface area contributed by atoms with Crippen LogP contribution in [0.5, 0.6) is 0 Å². The van der Waals surface area contributed by atoms with Crippen LogP contribution in [-0.2, 0) is 14.3 Å². The van der Waals surface area contributed by atoms with Crippen molar-refractivity contribution in [1.29, 1.82) is 0 Å². The highest BCUT2D eigenvalue weighted by Crippen LogP contribution is 2.26. The van der Waals surface area contributed by atoms with Crippen LogP contribution in [0.15, 0.2) is 48.7 Å². The Balaban J connectivity index is 1.37.